The summed E-state index contributed by atoms with van der Waals surface area (Å²) in [6.45, 7) is 5.17. The van der Waals surface area contributed by atoms with Crippen LogP contribution in [-0.4, -0.2) is 75.0 Å². The topological polar surface area (TPSA) is 20.2 Å². The predicted molar refractivity (Wildman–Crippen MR) is 112 cm³/mol. The Hall–Kier alpha value is 0.460. The lowest BCUT2D eigenvalue weighted by Gasteiger charge is -2.34. The van der Waals surface area contributed by atoms with Crippen LogP contribution in [0.15, 0.2) is 0 Å². The van der Waals surface area contributed by atoms with Crippen molar-refractivity contribution in [3.8, 4) is 0 Å². The second-order valence-electron chi connectivity index (χ2n) is 9.86. The van der Waals surface area contributed by atoms with E-state index >= 15 is 0 Å². The van der Waals surface area contributed by atoms with Crippen molar-refractivity contribution in [1.29, 1.82) is 0 Å². The molecule has 0 radical (unpaired) electrons. The highest BCUT2D eigenvalue weighted by Gasteiger charge is 2.24. The van der Waals surface area contributed by atoms with Crippen LogP contribution in [0.25, 0.3) is 0 Å². The maximum absolute atomic E-state index is 10.3. The van der Waals surface area contributed by atoms with E-state index in [-0.39, 0.29) is 30.9 Å². The van der Waals surface area contributed by atoms with Crippen LogP contribution in [0.5, 0.6) is 0 Å². The van der Waals surface area contributed by atoms with Crippen molar-refractivity contribution in [2.45, 2.75) is 90.1 Å². The normalized spacial score (nSPS) is 13.0. The van der Waals surface area contributed by atoms with Crippen LogP contribution in [0.4, 0.5) is 0 Å². The van der Waals surface area contributed by atoms with Gasteiger partial charge in [0.05, 0.1) is 41.8 Å². The molecular weight excluding hydrogens is 379 g/mol. The van der Waals surface area contributed by atoms with Gasteiger partial charge in [-0.25, -0.2) is 0 Å². The molecule has 5 heteroatoms. The third-order valence-corrected chi connectivity index (χ3v) is 5.08. The summed E-state index contributed by atoms with van der Waals surface area (Å²) in [5, 5.41) is 10.3. The summed E-state index contributed by atoms with van der Waals surface area (Å²) < 4.78 is 1.78. The molecule has 0 aliphatic heterocycles. The molecule has 168 valence electrons. The summed E-state index contributed by atoms with van der Waals surface area (Å²) in [4.78, 5) is 0. The summed E-state index contributed by atoms with van der Waals surface area (Å²) in [5.74, 6) is 0. The van der Waals surface area contributed by atoms with Crippen LogP contribution in [0.3, 0.4) is 0 Å². The SMILES string of the molecule is CCCCCCCCCCCCCC[N+](C)(C)CC(O)C[N+](C)(C)C.[Cl-].[Cl-]. The van der Waals surface area contributed by atoms with Crippen LogP contribution in [0.2, 0.25) is 0 Å². The van der Waals surface area contributed by atoms with Crippen LogP contribution in [0.1, 0.15) is 84.0 Å². The molecule has 27 heavy (non-hydrogen) atoms. The molecule has 0 aromatic carbocycles. The Bertz CT molecular complexity index is 307. The molecule has 1 N–H and O–H groups in total. The summed E-state index contributed by atoms with van der Waals surface area (Å²) in [7, 11) is 11.0. The molecule has 0 saturated heterocycles. The van der Waals surface area contributed by atoms with Gasteiger partial charge in [-0.15, -0.1) is 0 Å². The zero-order valence-corrected chi connectivity index (χ0v) is 20.8. The van der Waals surface area contributed by atoms with Gasteiger partial charge in [-0.3, -0.25) is 0 Å². The van der Waals surface area contributed by atoms with E-state index in [0.717, 1.165) is 22.1 Å². The Morgan fingerprint density at radius 2 is 0.963 bits per heavy atom. The fraction of sp³-hybridized carbons (Fsp3) is 1.00. The molecule has 0 aromatic heterocycles. The molecule has 0 aliphatic carbocycles. The molecule has 1 atom stereocenters. The highest BCUT2D eigenvalue weighted by molar-refractivity contribution is 4.53. The third-order valence-electron chi connectivity index (χ3n) is 5.08. The molecule has 0 aliphatic rings. The van der Waals surface area contributed by atoms with Gasteiger partial charge in [0.1, 0.15) is 13.1 Å². The molecule has 0 heterocycles. The summed E-state index contributed by atoms with van der Waals surface area (Å²) in [6, 6.07) is 0. The second kappa shape index (κ2) is 18.5. The lowest BCUT2D eigenvalue weighted by molar-refractivity contribution is -0.907. The lowest BCUT2D eigenvalue weighted by atomic mass is 10.1. The van der Waals surface area contributed by atoms with Crippen molar-refractivity contribution in [3.05, 3.63) is 0 Å². The van der Waals surface area contributed by atoms with Gasteiger partial charge in [-0.05, 0) is 12.8 Å². The van der Waals surface area contributed by atoms with Crippen LogP contribution >= 0.6 is 0 Å². The number of hydrogen-bond donors (Lipinski definition) is 1. The van der Waals surface area contributed by atoms with E-state index in [1.807, 2.05) is 0 Å². The quantitative estimate of drug-likeness (QED) is 0.229. The Labute approximate surface area is 183 Å². The molecule has 0 fully saturated rings. The van der Waals surface area contributed by atoms with E-state index in [1.54, 1.807) is 0 Å². The minimum atomic E-state index is -0.202. The molecule has 0 saturated carbocycles. The van der Waals surface area contributed by atoms with Crippen LogP contribution < -0.4 is 24.8 Å². The number of quaternary nitrogens is 2. The number of nitrogens with zero attached hydrogens (tertiary/aromatic N) is 2. The lowest BCUT2D eigenvalue weighted by Crippen LogP contribution is -3.00. The molecule has 0 bridgehead atoms. The van der Waals surface area contributed by atoms with Crippen molar-refractivity contribution in [3.63, 3.8) is 0 Å². The predicted octanol–water partition coefficient (Wildman–Crippen LogP) is -1.16. The van der Waals surface area contributed by atoms with Gasteiger partial charge in [0.25, 0.3) is 0 Å². The fourth-order valence-corrected chi connectivity index (χ4v) is 3.73. The fourth-order valence-electron chi connectivity index (χ4n) is 3.73. The number of halogens is 2. The van der Waals surface area contributed by atoms with Gasteiger partial charge < -0.3 is 38.9 Å². The van der Waals surface area contributed by atoms with E-state index in [0.29, 0.717) is 0 Å². The molecule has 3 nitrogen and oxygen atoms in total. The highest BCUT2D eigenvalue weighted by Crippen LogP contribution is 2.13. The zero-order valence-electron chi connectivity index (χ0n) is 19.3. The Morgan fingerprint density at radius 1 is 0.593 bits per heavy atom. The van der Waals surface area contributed by atoms with Gasteiger partial charge in [-0.1, -0.05) is 71.1 Å². The first-order valence-electron chi connectivity index (χ1n) is 11.0. The van der Waals surface area contributed by atoms with Crippen molar-refractivity contribution in [1.82, 2.24) is 0 Å². The van der Waals surface area contributed by atoms with E-state index in [4.69, 9.17) is 0 Å². The minimum Gasteiger partial charge on any atom is -1.00 e. The van der Waals surface area contributed by atoms with Crippen molar-refractivity contribution < 1.29 is 38.9 Å². The van der Waals surface area contributed by atoms with Crippen molar-refractivity contribution >= 4 is 0 Å². The van der Waals surface area contributed by atoms with E-state index in [1.165, 1.54) is 83.6 Å². The van der Waals surface area contributed by atoms with Crippen molar-refractivity contribution in [2.75, 3.05) is 54.9 Å². The molecule has 0 spiro atoms. The maximum Gasteiger partial charge on any atom is 0.152 e. The summed E-state index contributed by atoms with van der Waals surface area (Å²) >= 11 is 0. The number of aliphatic hydroxyl groups excluding tert-OH is 1. The van der Waals surface area contributed by atoms with Gasteiger partial charge in [0, 0.05) is 0 Å². The average Bonchev–Trinajstić information content (AvgIpc) is 2.45. The third kappa shape index (κ3) is 24.4. The Morgan fingerprint density at radius 3 is 1.33 bits per heavy atom. The number of hydrogen-bond acceptors (Lipinski definition) is 1. The number of unbranched alkanes of at least 4 members (excludes halogenated alkanes) is 11. The molecule has 1 unspecified atom stereocenters. The molecule has 0 amide bonds. The molecule has 0 rings (SSSR count). The minimum absolute atomic E-state index is 0. The number of likely N-dealkylation sites (N-methyl/N-ethyl adjacent to an activating group) is 2. The first-order chi connectivity index (χ1) is 11.7. The number of aliphatic hydroxyl groups is 1. The van der Waals surface area contributed by atoms with Gasteiger partial charge in [0.15, 0.2) is 6.10 Å². The van der Waals surface area contributed by atoms with E-state index < -0.39 is 0 Å². The summed E-state index contributed by atoms with van der Waals surface area (Å²) in [5.41, 5.74) is 0. The van der Waals surface area contributed by atoms with Gasteiger partial charge in [0.2, 0.25) is 0 Å². The largest absolute Gasteiger partial charge is 1.00 e. The van der Waals surface area contributed by atoms with Crippen LogP contribution in [-0.2, 0) is 0 Å². The van der Waals surface area contributed by atoms with E-state index in [2.05, 4.69) is 42.2 Å². The Balaban J connectivity index is -0.00000288. The monoisotopic (exact) mass is 428 g/mol. The number of rotatable bonds is 17. The second-order valence-corrected chi connectivity index (χ2v) is 9.86. The maximum atomic E-state index is 10.3. The van der Waals surface area contributed by atoms with E-state index in [9.17, 15) is 5.11 Å². The average molecular weight is 430 g/mol. The smallest absolute Gasteiger partial charge is 0.152 e. The molecular formula is C22H50Cl2N2O. The molecule has 0 aromatic rings. The van der Waals surface area contributed by atoms with Gasteiger partial charge >= 0.3 is 0 Å². The zero-order chi connectivity index (χ0) is 19.2. The highest BCUT2D eigenvalue weighted by atomic mass is 35.5. The van der Waals surface area contributed by atoms with Crippen LogP contribution in [0, 0.1) is 0 Å². The Kier molecular flexibility index (Phi) is 22.0. The summed E-state index contributed by atoms with van der Waals surface area (Å²) in [6.07, 6.45) is 16.6. The first kappa shape index (κ1) is 32.1. The van der Waals surface area contributed by atoms with Gasteiger partial charge in [-0.2, -0.15) is 0 Å². The standard InChI is InChI=1S/C22H50N2O.2ClH/c1-7-8-9-10-11-12-13-14-15-16-17-18-19-24(5,6)21-22(25)20-23(2,3)4;;/h22,25H,7-21H2,1-6H3;2*1H/q+2;;/p-2. The van der Waals surface area contributed by atoms with Crippen molar-refractivity contribution in [2.24, 2.45) is 0 Å². The first-order valence-corrected chi connectivity index (χ1v) is 11.0.